The fourth-order valence-corrected chi connectivity index (χ4v) is 0.948. The Balaban J connectivity index is 2.65. The van der Waals surface area contributed by atoms with Crippen LogP contribution in [0.2, 0.25) is 0 Å². The number of nitrogens with zero attached hydrogens (tertiary/aromatic N) is 1. The summed E-state index contributed by atoms with van der Waals surface area (Å²) in [6.45, 7) is 2.24. The van der Waals surface area contributed by atoms with E-state index in [0.717, 1.165) is 6.29 Å². The Hall–Kier alpha value is -1.09. The third-order valence-electron chi connectivity index (χ3n) is 1.38. The zero-order chi connectivity index (χ0) is 8.27. The number of aliphatic hydroxyl groups is 1. The molecule has 3 nitrogen and oxygen atoms in total. The minimum absolute atomic E-state index is 0.373. The lowest BCUT2D eigenvalue weighted by molar-refractivity contribution is 0.112. The topological polar surface area (TPSA) is 42.2 Å². The maximum atomic E-state index is 10.2. The summed E-state index contributed by atoms with van der Waals surface area (Å²) in [7, 11) is 0. The molecule has 0 saturated carbocycles. The largest absolute Gasteiger partial charge is 0.392 e. The predicted molar refractivity (Wildman–Crippen MR) is 41.5 cm³/mol. The molecule has 0 saturated heterocycles. The molecule has 1 atom stereocenters. The highest BCUT2D eigenvalue weighted by Gasteiger charge is 1.97. The van der Waals surface area contributed by atoms with Crippen LogP contribution >= 0.6 is 0 Å². The number of hydrogen-bond acceptors (Lipinski definition) is 2. The van der Waals surface area contributed by atoms with Crippen LogP contribution in [0.4, 0.5) is 0 Å². The van der Waals surface area contributed by atoms with Gasteiger partial charge in [-0.25, -0.2) is 0 Å². The van der Waals surface area contributed by atoms with Crippen molar-refractivity contribution in [2.75, 3.05) is 0 Å². The van der Waals surface area contributed by atoms with Crippen molar-refractivity contribution in [1.29, 1.82) is 0 Å². The fourth-order valence-electron chi connectivity index (χ4n) is 0.948. The molecule has 1 heterocycles. The van der Waals surface area contributed by atoms with Crippen molar-refractivity contribution in [3.63, 3.8) is 0 Å². The maximum absolute atomic E-state index is 10.2. The molecule has 60 valence electrons. The molecule has 0 aromatic carbocycles. The van der Waals surface area contributed by atoms with E-state index in [9.17, 15) is 4.79 Å². The highest BCUT2D eigenvalue weighted by molar-refractivity contribution is 5.74. The molecule has 0 aliphatic heterocycles. The Morgan fingerprint density at radius 3 is 3.00 bits per heavy atom. The van der Waals surface area contributed by atoms with Crippen molar-refractivity contribution in [2.45, 2.75) is 19.6 Å². The van der Waals surface area contributed by atoms with E-state index in [1.54, 1.807) is 30.0 Å². The lowest BCUT2D eigenvalue weighted by atomic mass is 10.4. The number of carbonyl (C=O) groups excluding carboxylic acids is 1. The molecule has 1 rings (SSSR count). The number of hydrogen-bond donors (Lipinski definition) is 1. The van der Waals surface area contributed by atoms with Crippen LogP contribution in [0.5, 0.6) is 0 Å². The summed E-state index contributed by atoms with van der Waals surface area (Å²) >= 11 is 0. The first kappa shape index (κ1) is 8.01. The van der Waals surface area contributed by atoms with Crippen LogP contribution in [-0.2, 0) is 6.54 Å². The number of rotatable bonds is 3. The molecule has 3 heteroatoms. The Kier molecular flexibility index (Phi) is 2.44. The van der Waals surface area contributed by atoms with Crippen molar-refractivity contribution >= 4 is 6.29 Å². The molecule has 1 aromatic heterocycles. The second-order valence-electron chi connectivity index (χ2n) is 2.61. The van der Waals surface area contributed by atoms with E-state index in [1.807, 2.05) is 0 Å². The van der Waals surface area contributed by atoms with Crippen LogP contribution in [0.1, 0.15) is 17.3 Å². The van der Waals surface area contributed by atoms with Gasteiger partial charge in [0.25, 0.3) is 0 Å². The molecular formula is C8H11NO2. The van der Waals surface area contributed by atoms with E-state index in [1.165, 1.54) is 0 Å². The molecule has 0 amide bonds. The SMILES string of the molecule is CC(O)Cn1ccc(C=O)c1. The molecule has 0 radical (unpaired) electrons. The molecule has 0 fully saturated rings. The van der Waals surface area contributed by atoms with Gasteiger partial charge in [-0.05, 0) is 13.0 Å². The van der Waals surface area contributed by atoms with E-state index in [4.69, 9.17) is 5.11 Å². The zero-order valence-electron chi connectivity index (χ0n) is 6.40. The average molecular weight is 153 g/mol. The van der Waals surface area contributed by atoms with Gasteiger partial charge in [0.15, 0.2) is 6.29 Å². The molecule has 1 unspecified atom stereocenters. The van der Waals surface area contributed by atoms with E-state index in [2.05, 4.69) is 0 Å². The second-order valence-corrected chi connectivity index (χ2v) is 2.61. The van der Waals surface area contributed by atoms with Crippen molar-refractivity contribution in [1.82, 2.24) is 4.57 Å². The summed E-state index contributed by atoms with van der Waals surface area (Å²) < 4.78 is 1.79. The van der Waals surface area contributed by atoms with Gasteiger partial charge in [0.2, 0.25) is 0 Å². The first-order valence-electron chi connectivity index (χ1n) is 3.51. The van der Waals surface area contributed by atoms with Gasteiger partial charge in [-0.2, -0.15) is 0 Å². The molecule has 0 aliphatic rings. The van der Waals surface area contributed by atoms with Crippen LogP contribution in [0.3, 0.4) is 0 Å². The van der Waals surface area contributed by atoms with Crippen LogP contribution in [0, 0.1) is 0 Å². The van der Waals surface area contributed by atoms with Gasteiger partial charge in [-0.15, -0.1) is 0 Å². The molecule has 0 aliphatic carbocycles. The molecule has 0 bridgehead atoms. The lowest BCUT2D eigenvalue weighted by Crippen LogP contribution is -2.09. The third kappa shape index (κ3) is 2.20. The van der Waals surface area contributed by atoms with Crippen molar-refractivity contribution in [2.24, 2.45) is 0 Å². The summed E-state index contributed by atoms with van der Waals surface area (Å²) in [6, 6.07) is 1.72. The van der Waals surface area contributed by atoms with Gasteiger partial charge < -0.3 is 9.67 Å². The fraction of sp³-hybridized carbons (Fsp3) is 0.375. The number of aromatic nitrogens is 1. The van der Waals surface area contributed by atoms with Gasteiger partial charge in [-0.3, -0.25) is 4.79 Å². The van der Waals surface area contributed by atoms with Gasteiger partial charge in [0.05, 0.1) is 6.10 Å². The van der Waals surface area contributed by atoms with Crippen molar-refractivity contribution in [3.8, 4) is 0 Å². The zero-order valence-corrected chi connectivity index (χ0v) is 6.40. The predicted octanol–water partition coefficient (Wildman–Crippen LogP) is 0.681. The summed E-state index contributed by atoms with van der Waals surface area (Å²) in [6.07, 6.45) is 3.90. The minimum atomic E-state index is -0.373. The number of carbonyl (C=O) groups is 1. The molecule has 0 spiro atoms. The first-order valence-corrected chi connectivity index (χ1v) is 3.51. The summed E-state index contributed by atoms with van der Waals surface area (Å²) in [4.78, 5) is 10.2. The second kappa shape index (κ2) is 3.34. The lowest BCUT2D eigenvalue weighted by Gasteiger charge is -2.03. The Bertz CT molecular complexity index is 240. The van der Waals surface area contributed by atoms with E-state index in [0.29, 0.717) is 12.1 Å². The molecule has 11 heavy (non-hydrogen) atoms. The minimum Gasteiger partial charge on any atom is -0.392 e. The van der Waals surface area contributed by atoms with E-state index < -0.39 is 0 Å². The van der Waals surface area contributed by atoms with Crippen molar-refractivity contribution in [3.05, 3.63) is 24.0 Å². The average Bonchev–Trinajstić information content (AvgIpc) is 2.34. The molecular weight excluding hydrogens is 142 g/mol. The van der Waals surface area contributed by atoms with E-state index >= 15 is 0 Å². The van der Waals surface area contributed by atoms with Gasteiger partial charge >= 0.3 is 0 Å². The molecule has 1 N–H and O–H groups in total. The van der Waals surface area contributed by atoms with Crippen LogP contribution in [0.15, 0.2) is 18.5 Å². The van der Waals surface area contributed by atoms with E-state index in [-0.39, 0.29) is 6.10 Å². The number of aliphatic hydroxyl groups excluding tert-OH is 1. The normalized spacial score (nSPS) is 12.9. The molecule has 1 aromatic rings. The summed E-state index contributed by atoms with van der Waals surface area (Å²) in [5.41, 5.74) is 0.644. The summed E-state index contributed by atoms with van der Waals surface area (Å²) in [5, 5.41) is 8.98. The summed E-state index contributed by atoms with van der Waals surface area (Å²) in [5.74, 6) is 0. The quantitative estimate of drug-likeness (QED) is 0.649. The monoisotopic (exact) mass is 153 g/mol. The highest BCUT2D eigenvalue weighted by Crippen LogP contribution is 1.98. The van der Waals surface area contributed by atoms with Gasteiger partial charge in [0.1, 0.15) is 0 Å². The smallest absolute Gasteiger partial charge is 0.151 e. The Labute approximate surface area is 65.3 Å². The van der Waals surface area contributed by atoms with Gasteiger partial charge in [-0.1, -0.05) is 0 Å². The third-order valence-corrected chi connectivity index (χ3v) is 1.38. The van der Waals surface area contributed by atoms with Crippen LogP contribution in [0.25, 0.3) is 0 Å². The standard InChI is InChI=1S/C8H11NO2/c1-7(11)4-9-3-2-8(5-9)6-10/h2-3,5-7,11H,4H2,1H3. The van der Waals surface area contributed by atoms with Crippen molar-refractivity contribution < 1.29 is 9.90 Å². The van der Waals surface area contributed by atoms with Crippen LogP contribution in [-0.4, -0.2) is 22.1 Å². The van der Waals surface area contributed by atoms with Gasteiger partial charge in [0, 0.05) is 24.5 Å². The maximum Gasteiger partial charge on any atom is 0.151 e. The number of aldehydes is 1. The van der Waals surface area contributed by atoms with Crippen LogP contribution < -0.4 is 0 Å². The Morgan fingerprint density at radius 1 is 1.82 bits per heavy atom. The highest BCUT2D eigenvalue weighted by atomic mass is 16.3. The Morgan fingerprint density at radius 2 is 2.55 bits per heavy atom. The first-order chi connectivity index (χ1) is 5.22.